The summed E-state index contributed by atoms with van der Waals surface area (Å²) in [6.07, 6.45) is 3.22. The predicted molar refractivity (Wildman–Crippen MR) is 110 cm³/mol. The molecule has 1 fully saturated rings. The Morgan fingerprint density at radius 2 is 1.68 bits per heavy atom. The third kappa shape index (κ3) is 3.12. The molecule has 4 rings (SSSR count). The number of aliphatic hydroxyl groups is 1. The van der Waals surface area contributed by atoms with E-state index in [2.05, 4.69) is 20.9 Å². The van der Waals surface area contributed by atoms with Gasteiger partial charge in [0, 0.05) is 28.1 Å². The van der Waals surface area contributed by atoms with E-state index in [4.69, 9.17) is 0 Å². The SMILES string of the molecule is O=C1C(=O)N(c2ccccc2)[C@H](c2cccnc2)C1=C(O)c1ccc(Br)cc1. The van der Waals surface area contributed by atoms with E-state index < -0.39 is 17.7 Å². The van der Waals surface area contributed by atoms with Gasteiger partial charge in [-0.2, -0.15) is 0 Å². The summed E-state index contributed by atoms with van der Waals surface area (Å²) in [5.41, 5.74) is 1.73. The second-order valence-corrected chi connectivity index (χ2v) is 7.21. The van der Waals surface area contributed by atoms with Gasteiger partial charge in [-0.05, 0) is 35.9 Å². The summed E-state index contributed by atoms with van der Waals surface area (Å²) in [6.45, 7) is 0. The lowest BCUT2D eigenvalue weighted by Gasteiger charge is -2.25. The van der Waals surface area contributed by atoms with Crippen molar-refractivity contribution in [1.29, 1.82) is 0 Å². The van der Waals surface area contributed by atoms with E-state index in [-0.39, 0.29) is 11.3 Å². The lowest BCUT2D eigenvalue weighted by atomic mass is 9.96. The number of para-hydroxylation sites is 1. The molecule has 1 atom stereocenters. The molecule has 138 valence electrons. The molecule has 0 aliphatic carbocycles. The minimum atomic E-state index is -0.764. The molecule has 0 unspecified atom stereocenters. The topological polar surface area (TPSA) is 70.5 Å². The largest absolute Gasteiger partial charge is 0.507 e. The molecular weight excluding hydrogens is 420 g/mol. The fourth-order valence-electron chi connectivity index (χ4n) is 3.30. The molecule has 1 N–H and O–H groups in total. The van der Waals surface area contributed by atoms with Crippen molar-refractivity contribution in [3.63, 3.8) is 0 Å². The van der Waals surface area contributed by atoms with Crippen LogP contribution in [-0.2, 0) is 9.59 Å². The van der Waals surface area contributed by atoms with Gasteiger partial charge >= 0.3 is 0 Å². The first-order valence-electron chi connectivity index (χ1n) is 8.60. The average molecular weight is 435 g/mol. The summed E-state index contributed by atoms with van der Waals surface area (Å²) >= 11 is 3.35. The summed E-state index contributed by atoms with van der Waals surface area (Å²) in [6, 6.07) is 18.6. The summed E-state index contributed by atoms with van der Waals surface area (Å²) in [7, 11) is 0. The Hall–Kier alpha value is -3.25. The number of hydrogen-bond donors (Lipinski definition) is 1. The Kier molecular flexibility index (Phi) is 4.79. The zero-order valence-electron chi connectivity index (χ0n) is 14.6. The molecule has 5 nitrogen and oxygen atoms in total. The minimum Gasteiger partial charge on any atom is -0.507 e. The lowest BCUT2D eigenvalue weighted by molar-refractivity contribution is -0.132. The van der Waals surface area contributed by atoms with Gasteiger partial charge in [0.1, 0.15) is 5.76 Å². The van der Waals surface area contributed by atoms with Crippen LogP contribution in [0.15, 0.2) is 89.2 Å². The van der Waals surface area contributed by atoms with Crippen molar-refractivity contribution >= 4 is 39.1 Å². The van der Waals surface area contributed by atoms with Gasteiger partial charge in [0.25, 0.3) is 11.7 Å². The van der Waals surface area contributed by atoms with E-state index in [0.29, 0.717) is 16.8 Å². The number of nitrogens with zero attached hydrogens (tertiary/aromatic N) is 2. The van der Waals surface area contributed by atoms with Crippen LogP contribution in [0.4, 0.5) is 5.69 Å². The fraction of sp³-hybridized carbons (Fsp3) is 0.0455. The number of rotatable bonds is 3. The standard InChI is InChI=1S/C22H15BrN2O3/c23-16-10-8-14(9-11-16)20(26)18-19(15-5-4-12-24-13-15)25(22(28)21(18)27)17-6-2-1-3-7-17/h1-13,19,26H/t19-/m1/s1. The Bertz CT molecular complexity index is 1060. The lowest BCUT2D eigenvalue weighted by Crippen LogP contribution is -2.29. The third-order valence-electron chi connectivity index (χ3n) is 4.60. The van der Waals surface area contributed by atoms with E-state index in [1.807, 2.05) is 6.07 Å². The highest BCUT2D eigenvalue weighted by atomic mass is 79.9. The van der Waals surface area contributed by atoms with Gasteiger partial charge < -0.3 is 5.11 Å². The van der Waals surface area contributed by atoms with E-state index in [0.717, 1.165) is 4.47 Å². The first-order chi connectivity index (χ1) is 13.6. The first-order valence-corrected chi connectivity index (χ1v) is 9.39. The monoisotopic (exact) mass is 434 g/mol. The molecule has 1 aliphatic heterocycles. The van der Waals surface area contributed by atoms with Crippen LogP contribution >= 0.6 is 15.9 Å². The second kappa shape index (κ2) is 7.40. The van der Waals surface area contributed by atoms with Gasteiger partial charge in [0.05, 0.1) is 11.6 Å². The zero-order chi connectivity index (χ0) is 19.7. The Morgan fingerprint density at radius 3 is 2.32 bits per heavy atom. The molecule has 6 heteroatoms. The van der Waals surface area contributed by atoms with Crippen molar-refractivity contribution in [3.8, 4) is 0 Å². The molecule has 1 saturated heterocycles. The number of pyridine rings is 1. The Labute approximate surface area is 170 Å². The number of Topliss-reactive ketones (excluding diaryl/α,β-unsaturated/α-hetero) is 1. The van der Waals surface area contributed by atoms with Crippen LogP contribution < -0.4 is 4.90 Å². The molecular formula is C22H15BrN2O3. The highest BCUT2D eigenvalue weighted by Gasteiger charge is 2.46. The average Bonchev–Trinajstić information content (AvgIpc) is 3.00. The third-order valence-corrected chi connectivity index (χ3v) is 5.13. The van der Waals surface area contributed by atoms with Gasteiger partial charge in [-0.3, -0.25) is 19.5 Å². The number of aromatic nitrogens is 1. The van der Waals surface area contributed by atoms with E-state index in [1.165, 1.54) is 4.90 Å². The molecule has 0 saturated carbocycles. The van der Waals surface area contributed by atoms with Crippen LogP contribution in [0.25, 0.3) is 5.76 Å². The molecule has 1 amide bonds. The van der Waals surface area contributed by atoms with Gasteiger partial charge in [0.2, 0.25) is 0 Å². The number of benzene rings is 2. The van der Waals surface area contributed by atoms with Crippen LogP contribution in [0.5, 0.6) is 0 Å². The highest BCUT2D eigenvalue weighted by Crippen LogP contribution is 2.41. The number of hydrogen-bond acceptors (Lipinski definition) is 4. The van der Waals surface area contributed by atoms with Crippen LogP contribution in [-0.4, -0.2) is 21.8 Å². The van der Waals surface area contributed by atoms with Gasteiger partial charge in [-0.15, -0.1) is 0 Å². The number of amides is 1. The number of aliphatic hydroxyl groups excluding tert-OH is 1. The maximum atomic E-state index is 12.9. The van der Waals surface area contributed by atoms with Crippen molar-refractivity contribution in [2.24, 2.45) is 0 Å². The summed E-state index contributed by atoms with van der Waals surface area (Å²) in [4.78, 5) is 31.3. The van der Waals surface area contributed by atoms with Crippen molar-refractivity contribution in [1.82, 2.24) is 4.98 Å². The van der Waals surface area contributed by atoms with Crippen LogP contribution in [0.2, 0.25) is 0 Å². The van der Waals surface area contributed by atoms with E-state index >= 15 is 0 Å². The molecule has 2 aromatic carbocycles. The molecule has 0 radical (unpaired) electrons. The van der Waals surface area contributed by atoms with Crippen molar-refractivity contribution in [3.05, 3.63) is 100 Å². The quantitative estimate of drug-likeness (QED) is 0.375. The fourth-order valence-corrected chi connectivity index (χ4v) is 3.57. The molecule has 3 aromatic rings. The smallest absolute Gasteiger partial charge is 0.300 e. The van der Waals surface area contributed by atoms with Crippen molar-refractivity contribution in [2.45, 2.75) is 6.04 Å². The summed E-state index contributed by atoms with van der Waals surface area (Å²) < 4.78 is 0.845. The van der Waals surface area contributed by atoms with E-state index in [9.17, 15) is 14.7 Å². The number of carbonyl (C=O) groups is 2. The number of anilines is 1. The predicted octanol–water partition coefficient (Wildman–Crippen LogP) is 4.47. The highest BCUT2D eigenvalue weighted by molar-refractivity contribution is 9.10. The molecule has 2 heterocycles. The maximum Gasteiger partial charge on any atom is 0.300 e. The Morgan fingerprint density at radius 1 is 0.964 bits per heavy atom. The van der Waals surface area contributed by atoms with Crippen molar-refractivity contribution < 1.29 is 14.7 Å². The summed E-state index contributed by atoms with van der Waals surface area (Å²) in [5, 5.41) is 10.9. The van der Waals surface area contributed by atoms with Crippen LogP contribution in [0.1, 0.15) is 17.2 Å². The zero-order valence-corrected chi connectivity index (χ0v) is 16.2. The molecule has 0 bridgehead atoms. The van der Waals surface area contributed by atoms with Gasteiger partial charge in [-0.1, -0.05) is 52.3 Å². The molecule has 1 aromatic heterocycles. The minimum absolute atomic E-state index is 0.0455. The molecule has 1 aliphatic rings. The van der Waals surface area contributed by atoms with Crippen LogP contribution in [0.3, 0.4) is 0 Å². The number of carbonyl (C=O) groups excluding carboxylic acids is 2. The number of ketones is 1. The maximum absolute atomic E-state index is 12.9. The second-order valence-electron chi connectivity index (χ2n) is 6.30. The molecule has 0 spiro atoms. The first kappa shape index (κ1) is 18.1. The van der Waals surface area contributed by atoms with Gasteiger partial charge in [0.15, 0.2) is 0 Å². The molecule has 28 heavy (non-hydrogen) atoms. The number of halogens is 1. The Balaban J connectivity index is 1.94. The summed E-state index contributed by atoms with van der Waals surface area (Å²) in [5.74, 6) is -1.62. The normalized spacial score (nSPS) is 18.5. The van der Waals surface area contributed by atoms with Gasteiger partial charge in [-0.25, -0.2) is 0 Å². The van der Waals surface area contributed by atoms with Crippen molar-refractivity contribution in [2.75, 3.05) is 4.90 Å². The van der Waals surface area contributed by atoms with Crippen LogP contribution in [0, 0.1) is 0 Å². The van der Waals surface area contributed by atoms with E-state index in [1.54, 1.807) is 73.1 Å².